The lowest BCUT2D eigenvalue weighted by molar-refractivity contribution is 0.301. The molecule has 5 aromatic rings. The molecule has 0 aliphatic carbocycles. The van der Waals surface area contributed by atoms with Gasteiger partial charge >= 0.3 is 0 Å². The van der Waals surface area contributed by atoms with Crippen molar-refractivity contribution in [2.75, 3.05) is 0 Å². The van der Waals surface area contributed by atoms with Crippen LogP contribution in [-0.2, 0) is 13.2 Å². The quantitative estimate of drug-likeness (QED) is 0.367. The molecule has 0 bridgehead atoms. The summed E-state index contributed by atoms with van der Waals surface area (Å²) < 4.78 is 26.3. The highest BCUT2D eigenvalue weighted by molar-refractivity contribution is 5.60. The first kappa shape index (κ1) is 20.5. The molecule has 0 saturated carbocycles. The number of hydrogen-bond acceptors (Lipinski definition) is 7. The van der Waals surface area contributed by atoms with E-state index in [2.05, 4.69) is 25.4 Å². The van der Waals surface area contributed by atoms with Crippen molar-refractivity contribution >= 4 is 0 Å². The van der Waals surface area contributed by atoms with E-state index < -0.39 is 0 Å². The Morgan fingerprint density at radius 1 is 1.03 bits per heavy atom. The monoisotopic (exact) mass is 442 g/mol. The fourth-order valence-corrected chi connectivity index (χ4v) is 3.24. The Morgan fingerprint density at radius 3 is 2.79 bits per heavy atom. The van der Waals surface area contributed by atoms with Crippen LogP contribution in [0, 0.1) is 12.7 Å². The first-order valence-corrected chi connectivity index (χ1v) is 10.3. The molecule has 3 aromatic heterocycles. The predicted molar refractivity (Wildman–Crippen MR) is 118 cm³/mol. The van der Waals surface area contributed by atoms with E-state index in [0.717, 1.165) is 22.4 Å². The van der Waals surface area contributed by atoms with Crippen molar-refractivity contribution in [2.45, 2.75) is 20.1 Å². The van der Waals surface area contributed by atoms with Gasteiger partial charge in [0.1, 0.15) is 23.9 Å². The summed E-state index contributed by atoms with van der Waals surface area (Å²) in [5.74, 6) is 1.21. The van der Waals surface area contributed by atoms with E-state index in [9.17, 15) is 4.39 Å². The van der Waals surface area contributed by atoms with Crippen LogP contribution in [0.3, 0.4) is 0 Å². The number of ether oxygens (including phenoxy) is 1. The minimum atomic E-state index is -0.278. The second-order valence-corrected chi connectivity index (χ2v) is 7.47. The molecule has 164 valence electrons. The Labute approximate surface area is 188 Å². The maximum atomic E-state index is 13.4. The minimum absolute atomic E-state index is 0.233. The largest absolute Gasteiger partial charge is 0.487 e. The molecular formula is C24H19FN6O2. The summed E-state index contributed by atoms with van der Waals surface area (Å²) in [5.41, 5.74) is 3.90. The van der Waals surface area contributed by atoms with Crippen molar-refractivity contribution in [2.24, 2.45) is 0 Å². The molecule has 0 unspecified atom stereocenters. The SMILES string of the molecule is Cc1ccc(-c2noc(-c3cccc(OCc4cn(Cc5cccc(F)c5)nn4)c3)n2)cn1. The van der Waals surface area contributed by atoms with Gasteiger partial charge in [-0.2, -0.15) is 4.98 Å². The highest BCUT2D eigenvalue weighted by atomic mass is 19.1. The summed E-state index contributed by atoms with van der Waals surface area (Å²) in [7, 11) is 0. The normalized spacial score (nSPS) is 11.0. The van der Waals surface area contributed by atoms with Crippen LogP contribution in [0.1, 0.15) is 17.0 Å². The minimum Gasteiger partial charge on any atom is -0.487 e. The highest BCUT2D eigenvalue weighted by Crippen LogP contribution is 2.25. The van der Waals surface area contributed by atoms with E-state index >= 15 is 0 Å². The number of halogens is 1. The molecule has 8 nitrogen and oxygen atoms in total. The Morgan fingerprint density at radius 2 is 1.94 bits per heavy atom. The fraction of sp³-hybridized carbons (Fsp3) is 0.125. The molecule has 0 saturated heterocycles. The van der Waals surface area contributed by atoms with Gasteiger partial charge in [-0.15, -0.1) is 5.10 Å². The second-order valence-electron chi connectivity index (χ2n) is 7.47. The molecule has 2 aromatic carbocycles. The molecule has 33 heavy (non-hydrogen) atoms. The van der Waals surface area contributed by atoms with E-state index in [1.807, 2.05) is 49.4 Å². The lowest BCUT2D eigenvalue weighted by Gasteiger charge is -2.04. The van der Waals surface area contributed by atoms with Crippen molar-refractivity contribution in [3.8, 4) is 28.6 Å². The number of aryl methyl sites for hydroxylation is 1. The zero-order valence-electron chi connectivity index (χ0n) is 17.7. The molecule has 0 atom stereocenters. The van der Waals surface area contributed by atoms with Crippen molar-refractivity contribution in [3.05, 3.63) is 95.8 Å². The molecule has 0 amide bonds. The fourth-order valence-electron chi connectivity index (χ4n) is 3.24. The maximum Gasteiger partial charge on any atom is 0.258 e. The first-order chi connectivity index (χ1) is 16.1. The van der Waals surface area contributed by atoms with Crippen LogP contribution < -0.4 is 4.74 Å². The van der Waals surface area contributed by atoms with E-state index in [-0.39, 0.29) is 12.4 Å². The summed E-state index contributed by atoms with van der Waals surface area (Å²) in [6.07, 6.45) is 3.49. The standard InChI is InChI=1S/C24H19FN6O2/c1-16-8-9-19(12-26-16)23-27-24(33-29-23)18-5-3-7-22(11-18)32-15-21-14-31(30-28-21)13-17-4-2-6-20(25)10-17/h2-12,14H,13,15H2,1H3. The lowest BCUT2D eigenvalue weighted by atomic mass is 10.2. The Balaban J connectivity index is 1.24. The van der Waals surface area contributed by atoms with Gasteiger partial charge in [0.25, 0.3) is 5.89 Å². The van der Waals surface area contributed by atoms with Gasteiger partial charge in [0.2, 0.25) is 5.82 Å². The molecule has 0 radical (unpaired) electrons. The molecule has 3 heterocycles. The van der Waals surface area contributed by atoms with Crippen LogP contribution >= 0.6 is 0 Å². The third-order valence-electron chi connectivity index (χ3n) is 4.88. The maximum absolute atomic E-state index is 13.4. The summed E-state index contributed by atoms with van der Waals surface area (Å²) in [5, 5.41) is 12.2. The number of nitrogens with zero attached hydrogens (tertiary/aromatic N) is 6. The number of aromatic nitrogens is 6. The number of rotatable bonds is 7. The van der Waals surface area contributed by atoms with Gasteiger partial charge in [-0.3, -0.25) is 4.98 Å². The summed E-state index contributed by atoms with van der Waals surface area (Å²) in [6.45, 7) is 2.58. The van der Waals surface area contributed by atoms with Gasteiger partial charge in [0.05, 0.1) is 12.7 Å². The zero-order chi connectivity index (χ0) is 22.6. The van der Waals surface area contributed by atoms with Gasteiger partial charge < -0.3 is 9.26 Å². The van der Waals surface area contributed by atoms with E-state index in [0.29, 0.717) is 29.7 Å². The van der Waals surface area contributed by atoms with E-state index in [4.69, 9.17) is 9.26 Å². The lowest BCUT2D eigenvalue weighted by Crippen LogP contribution is -2.00. The van der Waals surface area contributed by atoms with Crippen molar-refractivity contribution in [1.29, 1.82) is 0 Å². The topological polar surface area (TPSA) is 91.8 Å². The second kappa shape index (κ2) is 8.99. The molecular weight excluding hydrogens is 423 g/mol. The molecule has 0 fully saturated rings. The average Bonchev–Trinajstić information content (AvgIpc) is 3.49. The molecule has 0 spiro atoms. The van der Waals surface area contributed by atoms with Crippen LogP contribution in [0.5, 0.6) is 5.75 Å². The molecule has 0 aliphatic heterocycles. The Hall–Kier alpha value is -4.40. The Kier molecular flexibility index (Phi) is 5.59. The van der Waals surface area contributed by atoms with Gasteiger partial charge in [-0.1, -0.05) is 28.6 Å². The van der Waals surface area contributed by atoms with Crippen LogP contribution in [0.2, 0.25) is 0 Å². The summed E-state index contributed by atoms with van der Waals surface area (Å²) in [4.78, 5) is 8.73. The number of pyridine rings is 1. The van der Waals surface area contributed by atoms with Crippen LogP contribution in [-0.4, -0.2) is 30.1 Å². The van der Waals surface area contributed by atoms with Crippen molar-refractivity contribution in [1.82, 2.24) is 30.1 Å². The van der Waals surface area contributed by atoms with Crippen molar-refractivity contribution in [3.63, 3.8) is 0 Å². The van der Waals surface area contributed by atoms with Crippen LogP contribution in [0.15, 0.2) is 77.6 Å². The van der Waals surface area contributed by atoms with Gasteiger partial charge in [0, 0.05) is 23.0 Å². The molecule has 5 rings (SSSR count). The van der Waals surface area contributed by atoms with Crippen LogP contribution in [0.4, 0.5) is 4.39 Å². The highest BCUT2D eigenvalue weighted by Gasteiger charge is 2.12. The van der Waals surface area contributed by atoms with Crippen molar-refractivity contribution < 1.29 is 13.7 Å². The van der Waals surface area contributed by atoms with E-state index in [1.54, 1.807) is 23.1 Å². The van der Waals surface area contributed by atoms with Crippen LogP contribution in [0.25, 0.3) is 22.8 Å². The number of benzene rings is 2. The third-order valence-corrected chi connectivity index (χ3v) is 4.88. The average molecular weight is 442 g/mol. The summed E-state index contributed by atoms with van der Waals surface area (Å²) >= 11 is 0. The molecule has 0 aliphatic rings. The summed E-state index contributed by atoms with van der Waals surface area (Å²) in [6, 6.07) is 17.6. The van der Waals surface area contributed by atoms with Gasteiger partial charge in [-0.05, 0) is 55.0 Å². The van der Waals surface area contributed by atoms with Gasteiger partial charge in [-0.25, -0.2) is 9.07 Å². The smallest absolute Gasteiger partial charge is 0.258 e. The Bertz CT molecular complexity index is 1380. The molecule has 0 N–H and O–H groups in total. The predicted octanol–water partition coefficient (Wildman–Crippen LogP) is 4.46. The zero-order valence-corrected chi connectivity index (χ0v) is 17.7. The van der Waals surface area contributed by atoms with Gasteiger partial charge in [0.15, 0.2) is 0 Å². The molecule has 9 heteroatoms. The van der Waals surface area contributed by atoms with E-state index in [1.165, 1.54) is 12.1 Å². The first-order valence-electron chi connectivity index (χ1n) is 10.3. The third kappa shape index (κ3) is 4.93. The number of hydrogen-bond donors (Lipinski definition) is 0.